The molecule has 0 aromatic heterocycles. The number of carbonyl (C=O) groups is 2. The van der Waals surface area contributed by atoms with Crippen LogP contribution >= 0.6 is 0 Å². The Morgan fingerprint density at radius 2 is 0.964 bits per heavy atom. The van der Waals surface area contributed by atoms with Gasteiger partial charge in [-0.1, -0.05) is 179 Å². The van der Waals surface area contributed by atoms with Crippen LogP contribution in [0.2, 0.25) is 0 Å². The van der Waals surface area contributed by atoms with E-state index in [0.717, 1.165) is 83.5 Å². The second kappa shape index (κ2) is 43.0. The molecule has 6 heteroatoms. The number of aliphatic hydroxyl groups excluding tert-OH is 2. The van der Waals surface area contributed by atoms with Crippen molar-refractivity contribution < 1.29 is 24.5 Å². The van der Waals surface area contributed by atoms with Gasteiger partial charge in [0.05, 0.1) is 25.2 Å². The molecule has 0 spiro atoms. The Bertz CT molecular complexity index is 957. The van der Waals surface area contributed by atoms with E-state index in [0.29, 0.717) is 19.3 Å². The van der Waals surface area contributed by atoms with Gasteiger partial charge in [-0.2, -0.15) is 0 Å². The Kier molecular flexibility index (Phi) is 41.2. The summed E-state index contributed by atoms with van der Waals surface area (Å²) < 4.78 is 5.88. The number of unbranched alkanes of at least 4 members (excludes halogenated alkanes) is 21. The average molecular weight is 772 g/mol. The summed E-state index contributed by atoms with van der Waals surface area (Å²) in [6.45, 7) is 6.36. The largest absolute Gasteiger partial charge is 0.462 e. The van der Waals surface area contributed by atoms with Crippen LogP contribution in [-0.4, -0.2) is 46.9 Å². The maximum atomic E-state index is 13.1. The molecule has 0 rings (SSSR count). The van der Waals surface area contributed by atoms with Gasteiger partial charge >= 0.3 is 5.97 Å². The summed E-state index contributed by atoms with van der Waals surface area (Å²) in [4.78, 5) is 26.0. The van der Waals surface area contributed by atoms with Gasteiger partial charge in [0.15, 0.2) is 0 Å². The van der Waals surface area contributed by atoms with Gasteiger partial charge in [0.2, 0.25) is 5.91 Å². The minimum absolute atomic E-state index is 0.0483. The number of rotatable bonds is 41. The number of carbonyl (C=O) groups excluding carboxylic acids is 2. The summed E-state index contributed by atoms with van der Waals surface area (Å²) in [5.41, 5.74) is 0. The molecule has 55 heavy (non-hydrogen) atoms. The lowest BCUT2D eigenvalue weighted by Gasteiger charge is -2.24. The van der Waals surface area contributed by atoms with Crippen LogP contribution in [0.25, 0.3) is 0 Å². The Morgan fingerprint density at radius 1 is 0.527 bits per heavy atom. The first-order chi connectivity index (χ1) is 27.0. The highest BCUT2D eigenvalue weighted by Crippen LogP contribution is 2.17. The van der Waals surface area contributed by atoms with Gasteiger partial charge in [-0.25, -0.2) is 0 Å². The topological polar surface area (TPSA) is 95.9 Å². The van der Waals surface area contributed by atoms with Crippen LogP contribution in [0.15, 0.2) is 48.6 Å². The Balaban J connectivity index is 4.68. The van der Waals surface area contributed by atoms with Crippen LogP contribution in [0.3, 0.4) is 0 Å². The first-order valence-electron chi connectivity index (χ1n) is 23.4. The van der Waals surface area contributed by atoms with Gasteiger partial charge in [-0.15, -0.1) is 0 Å². The predicted octanol–water partition coefficient (Wildman–Crippen LogP) is 13.5. The second-order valence-corrected chi connectivity index (χ2v) is 15.8. The van der Waals surface area contributed by atoms with Crippen LogP contribution in [-0.2, 0) is 14.3 Å². The molecule has 0 aliphatic carbocycles. The molecule has 0 bridgehead atoms. The number of nitrogens with one attached hydrogen (secondary N) is 1. The fourth-order valence-corrected chi connectivity index (χ4v) is 6.79. The van der Waals surface area contributed by atoms with Crippen molar-refractivity contribution in [2.75, 3.05) is 6.61 Å². The quantitative estimate of drug-likeness (QED) is 0.0327. The number of amides is 1. The van der Waals surface area contributed by atoms with Gasteiger partial charge < -0.3 is 20.3 Å². The maximum absolute atomic E-state index is 13.1. The molecule has 0 saturated carbocycles. The fourth-order valence-electron chi connectivity index (χ4n) is 6.79. The van der Waals surface area contributed by atoms with Crippen molar-refractivity contribution in [3.05, 3.63) is 48.6 Å². The molecule has 0 aliphatic heterocycles. The lowest BCUT2D eigenvalue weighted by molar-refractivity contribution is -0.151. The average Bonchev–Trinajstić information content (AvgIpc) is 3.18. The van der Waals surface area contributed by atoms with E-state index in [2.05, 4.69) is 74.7 Å². The molecule has 0 fully saturated rings. The summed E-state index contributed by atoms with van der Waals surface area (Å²) in [5, 5.41) is 23.6. The Hall–Kier alpha value is -2.18. The highest BCUT2D eigenvalue weighted by Gasteiger charge is 2.24. The van der Waals surface area contributed by atoms with Crippen LogP contribution < -0.4 is 5.32 Å². The van der Waals surface area contributed by atoms with Crippen molar-refractivity contribution in [3.8, 4) is 0 Å². The zero-order valence-electron chi connectivity index (χ0n) is 36.3. The molecule has 6 nitrogen and oxygen atoms in total. The van der Waals surface area contributed by atoms with E-state index in [-0.39, 0.29) is 24.9 Å². The minimum Gasteiger partial charge on any atom is -0.462 e. The van der Waals surface area contributed by atoms with E-state index < -0.39 is 18.2 Å². The van der Waals surface area contributed by atoms with E-state index in [1.807, 2.05) is 0 Å². The van der Waals surface area contributed by atoms with Gasteiger partial charge in [0.1, 0.15) is 6.10 Å². The number of hydrogen-bond donors (Lipinski definition) is 3. The van der Waals surface area contributed by atoms with Crippen LogP contribution in [0.5, 0.6) is 0 Å². The van der Waals surface area contributed by atoms with Gasteiger partial charge in [0, 0.05) is 6.42 Å². The van der Waals surface area contributed by atoms with Crippen molar-refractivity contribution in [1.29, 1.82) is 0 Å². The zero-order chi connectivity index (χ0) is 40.3. The molecule has 0 radical (unpaired) electrons. The van der Waals surface area contributed by atoms with Gasteiger partial charge in [-0.05, 0) is 83.5 Å². The van der Waals surface area contributed by atoms with Crippen LogP contribution in [0.1, 0.15) is 226 Å². The highest BCUT2D eigenvalue weighted by atomic mass is 16.5. The van der Waals surface area contributed by atoms with Crippen molar-refractivity contribution in [3.63, 3.8) is 0 Å². The molecule has 1 amide bonds. The molecule has 0 saturated heterocycles. The molecule has 320 valence electrons. The van der Waals surface area contributed by atoms with Crippen molar-refractivity contribution in [1.82, 2.24) is 5.32 Å². The monoisotopic (exact) mass is 772 g/mol. The molecule has 0 heterocycles. The third-order valence-electron chi connectivity index (χ3n) is 10.4. The normalized spacial score (nSPS) is 13.8. The van der Waals surface area contributed by atoms with Crippen molar-refractivity contribution in [2.45, 2.75) is 244 Å². The van der Waals surface area contributed by atoms with E-state index in [9.17, 15) is 19.8 Å². The Labute approximate surface area is 340 Å². The minimum atomic E-state index is -0.797. The van der Waals surface area contributed by atoms with Crippen LogP contribution in [0.4, 0.5) is 0 Å². The second-order valence-electron chi connectivity index (χ2n) is 15.8. The number of hydrogen-bond acceptors (Lipinski definition) is 5. The van der Waals surface area contributed by atoms with E-state index in [1.54, 1.807) is 0 Å². The third-order valence-corrected chi connectivity index (χ3v) is 10.4. The van der Waals surface area contributed by atoms with E-state index >= 15 is 0 Å². The standard InChI is InChI=1S/C49H89NO5/c1-4-7-10-13-16-19-22-23-24-25-27-28-31-34-37-40-45(55-49(54)42-39-36-33-30-21-18-15-12-9-6-3)43-48(53)50-46(44-51)47(52)41-38-35-32-29-26-20-17-14-11-8-5-2/h12,15-16,19,23-24,27-28,45-47,51-52H,4-11,13-14,17-18,20-22,25-26,29-44H2,1-3H3,(H,50,53)/b15-12-,19-16-,24-23-,28-27-. The first-order valence-corrected chi connectivity index (χ1v) is 23.4. The zero-order valence-corrected chi connectivity index (χ0v) is 36.3. The molecule has 3 N–H and O–H groups in total. The van der Waals surface area contributed by atoms with Crippen molar-refractivity contribution >= 4 is 11.9 Å². The molecule has 3 unspecified atom stereocenters. The first kappa shape index (κ1) is 52.8. The lowest BCUT2D eigenvalue weighted by Crippen LogP contribution is -2.46. The molecule has 3 atom stereocenters. The number of esters is 1. The SMILES string of the molecule is CCC/C=C\CCCCCCCC(=O)OC(CCCC/C=C\C/C=C\C/C=C\CCCCC)CC(=O)NC(CO)C(O)CCCCCCCCCCCCC. The highest BCUT2D eigenvalue weighted by molar-refractivity contribution is 5.77. The molecular weight excluding hydrogens is 683 g/mol. The smallest absolute Gasteiger partial charge is 0.306 e. The number of allylic oxidation sites excluding steroid dienone is 8. The molecule has 0 aromatic rings. The third kappa shape index (κ3) is 38.5. The molecule has 0 aromatic carbocycles. The van der Waals surface area contributed by atoms with E-state index in [1.165, 1.54) is 96.3 Å². The number of ether oxygens (including phenoxy) is 1. The summed E-state index contributed by atoms with van der Waals surface area (Å²) in [6, 6.07) is -0.713. The summed E-state index contributed by atoms with van der Waals surface area (Å²) in [6.07, 6.45) is 50.3. The summed E-state index contributed by atoms with van der Waals surface area (Å²) >= 11 is 0. The molecular formula is C49H89NO5. The fraction of sp³-hybridized carbons (Fsp3) is 0.796. The molecule has 0 aliphatic rings. The predicted molar refractivity (Wildman–Crippen MR) is 236 cm³/mol. The van der Waals surface area contributed by atoms with Crippen molar-refractivity contribution in [2.24, 2.45) is 0 Å². The number of aliphatic hydroxyl groups is 2. The Morgan fingerprint density at radius 3 is 1.55 bits per heavy atom. The van der Waals surface area contributed by atoms with E-state index in [4.69, 9.17) is 4.74 Å². The van der Waals surface area contributed by atoms with Gasteiger partial charge in [-0.3, -0.25) is 9.59 Å². The van der Waals surface area contributed by atoms with Gasteiger partial charge in [0.25, 0.3) is 0 Å². The maximum Gasteiger partial charge on any atom is 0.306 e. The van der Waals surface area contributed by atoms with Crippen LogP contribution in [0, 0.1) is 0 Å². The summed E-state index contributed by atoms with van der Waals surface area (Å²) in [5.74, 6) is -0.525. The summed E-state index contributed by atoms with van der Waals surface area (Å²) in [7, 11) is 0. The lowest BCUT2D eigenvalue weighted by atomic mass is 10.0.